The van der Waals surface area contributed by atoms with Crippen LogP contribution in [0.1, 0.15) is 40.7 Å². The molecule has 0 bridgehead atoms. The van der Waals surface area contributed by atoms with Crippen molar-refractivity contribution in [2.24, 2.45) is 0 Å². The Kier molecular flexibility index (Phi) is 2.56. The van der Waals surface area contributed by atoms with Gasteiger partial charge in [-0.25, -0.2) is 4.39 Å². The van der Waals surface area contributed by atoms with Crippen LogP contribution in [0.2, 0.25) is 0 Å². The number of hydrogen-bond acceptors (Lipinski definition) is 2. The highest BCUT2D eigenvalue weighted by molar-refractivity contribution is 5.45. The number of hydrogen-bond donors (Lipinski definition) is 0. The molecule has 22 heavy (non-hydrogen) atoms. The van der Waals surface area contributed by atoms with Crippen LogP contribution in [-0.4, -0.2) is 18.8 Å². The lowest BCUT2D eigenvalue weighted by molar-refractivity contribution is -0.0456. The second kappa shape index (κ2) is 4.40. The maximum absolute atomic E-state index is 13.8. The fourth-order valence-corrected chi connectivity index (χ4v) is 4.06. The van der Waals surface area contributed by atoms with E-state index in [1.165, 1.54) is 16.7 Å². The average Bonchev–Trinajstić information content (AvgIpc) is 3.30. The minimum absolute atomic E-state index is 0.0656. The molecule has 5 rings (SSSR count). The predicted octanol–water partition coefficient (Wildman–Crippen LogP) is 3.74. The van der Waals surface area contributed by atoms with Crippen LogP contribution in [0.25, 0.3) is 0 Å². The molecule has 3 aliphatic rings. The van der Waals surface area contributed by atoms with Gasteiger partial charge in [-0.15, -0.1) is 0 Å². The van der Waals surface area contributed by atoms with E-state index in [0.29, 0.717) is 6.61 Å². The molecule has 2 aromatic carbocycles. The molecule has 0 radical (unpaired) electrons. The smallest absolute Gasteiger partial charge is 0.123 e. The molecular weight excluding hydrogens is 279 g/mol. The third-order valence-electron chi connectivity index (χ3n) is 5.29. The highest BCUT2D eigenvalue weighted by Crippen LogP contribution is 2.52. The Morgan fingerprint density at radius 2 is 1.82 bits per heavy atom. The van der Waals surface area contributed by atoms with Crippen LogP contribution in [-0.2, 0) is 15.9 Å². The second-order valence-corrected chi connectivity index (χ2v) is 6.73. The molecule has 2 aliphatic heterocycles. The van der Waals surface area contributed by atoms with E-state index >= 15 is 0 Å². The summed E-state index contributed by atoms with van der Waals surface area (Å²) in [6.45, 7) is 1.40. The van der Waals surface area contributed by atoms with Crippen LogP contribution in [0, 0.1) is 5.82 Å². The molecule has 2 nitrogen and oxygen atoms in total. The lowest BCUT2D eigenvalue weighted by atomic mass is 9.80. The normalized spacial score (nSPS) is 31.9. The van der Waals surface area contributed by atoms with Crippen molar-refractivity contribution in [2.45, 2.75) is 30.5 Å². The standard InChI is InChI=1S/C19H17FO2/c20-14-6-5-13-7-12-3-1-2-4-15(12)17-9-19(11-22-19)10-21-18(17)16(13)8-14/h1-6,8,17-18H,7,9-11H2. The lowest BCUT2D eigenvalue weighted by Crippen LogP contribution is -2.33. The number of rotatable bonds is 0. The van der Waals surface area contributed by atoms with Crippen LogP contribution in [0.3, 0.4) is 0 Å². The van der Waals surface area contributed by atoms with E-state index in [2.05, 4.69) is 24.3 Å². The topological polar surface area (TPSA) is 21.8 Å². The van der Waals surface area contributed by atoms with Gasteiger partial charge in [-0.2, -0.15) is 0 Å². The first-order chi connectivity index (χ1) is 10.7. The quantitative estimate of drug-likeness (QED) is 0.691. The number of ether oxygens (including phenoxy) is 2. The number of fused-ring (bicyclic) bond motifs is 5. The first-order valence-electron chi connectivity index (χ1n) is 7.86. The fraction of sp³-hybridized carbons (Fsp3) is 0.368. The van der Waals surface area contributed by atoms with Gasteiger partial charge < -0.3 is 9.47 Å². The molecular formula is C19H17FO2. The molecule has 0 N–H and O–H groups in total. The van der Waals surface area contributed by atoms with E-state index < -0.39 is 0 Å². The molecule has 0 saturated carbocycles. The second-order valence-electron chi connectivity index (χ2n) is 6.73. The largest absolute Gasteiger partial charge is 0.370 e. The Bertz CT molecular complexity index is 751. The van der Waals surface area contributed by atoms with Crippen LogP contribution < -0.4 is 0 Å². The summed E-state index contributed by atoms with van der Waals surface area (Å²) in [4.78, 5) is 0. The third-order valence-corrected chi connectivity index (χ3v) is 5.29. The van der Waals surface area contributed by atoms with Crippen LogP contribution in [0.15, 0.2) is 42.5 Å². The van der Waals surface area contributed by atoms with Crippen LogP contribution >= 0.6 is 0 Å². The Hall–Kier alpha value is -1.71. The summed E-state index contributed by atoms with van der Waals surface area (Å²) in [5, 5.41) is 0. The summed E-state index contributed by atoms with van der Waals surface area (Å²) in [7, 11) is 0. The zero-order valence-electron chi connectivity index (χ0n) is 12.2. The van der Waals surface area contributed by atoms with E-state index in [0.717, 1.165) is 25.0 Å². The van der Waals surface area contributed by atoms with Gasteiger partial charge in [0.15, 0.2) is 0 Å². The number of epoxide rings is 1. The molecule has 3 heteroatoms. The minimum Gasteiger partial charge on any atom is -0.370 e. The molecule has 0 amide bonds. The Morgan fingerprint density at radius 3 is 2.68 bits per heavy atom. The van der Waals surface area contributed by atoms with Gasteiger partial charge in [0.2, 0.25) is 0 Å². The third kappa shape index (κ3) is 1.86. The van der Waals surface area contributed by atoms with Gasteiger partial charge in [-0.05, 0) is 47.2 Å². The molecule has 3 atom stereocenters. The lowest BCUT2D eigenvalue weighted by Gasteiger charge is -2.35. The molecule has 3 unspecified atom stereocenters. The molecule has 2 fully saturated rings. The first kappa shape index (κ1) is 12.8. The van der Waals surface area contributed by atoms with E-state index in [9.17, 15) is 4.39 Å². The van der Waals surface area contributed by atoms with E-state index in [4.69, 9.17) is 9.47 Å². The van der Waals surface area contributed by atoms with Gasteiger partial charge in [0.05, 0.1) is 19.3 Å². The molecule has 2 aromatic rings. The predicted molar refractivity (Wildman–Crippen MR) is 80.4 cm³/mol. The van der Waals surface area contributed by atoms with Gasteiger partial charge in [-0.3, -0.25) is 0 Å². The molecule has 0 aromatic heterocycles. The maximum Gasteiger partial charge on any atom is 0.123 e. The van der Waals surface area contributed by atoms with Crippen molar-refractivity contribution in [1.82, 2.24) is 0 Å². The molecule has 112 valence electrons. The summed E-state index contributed by atoms with van der Waals surface area (Å²) in [5.74, 6) is 0.0607. The van der Waals surface area contributed by atoms with Gasteiger partial charge in [0.25, 0.3) is 0 Å². The van der Waals surface area contributed by atoms with Gasteiger partial charge in [0, 0.05) is 5.92 Å². The van der Waals surface area contributed by atoms with Crippen molar-refractivity contribution in [3.8, 4) is 0 Å². The van der Waals surface area contributed by atoms with Crippen molar-refractivity contribution in [3.05, 3.63) is 70.5 Å². The Balaban J connectivity index is 1.70. The first-order valence-corrected chi connectivity index (χ1v) is 7.86. The zero-order valence-corrected chi connectivity index (χ0v) is 12.2. The average molecular weight is 296 g/mol. The highest BCUT2D eigenvalue weighted by atomic mass is 19.1. The molecule has 1 spiro atoms. The van der Waals surface area contributed by atoms with Crippen molar-refractivity contribution in [2.75, 3.05) is 13.2 Å². The maximum atomic E-state index is 13.8. The number of halogens is 1. The molecule has 2 saturated heterocycles. The van der Waals surface area contributed by atoms with E-state index in [1.807, 2.05) is 6.07 Å². The van der Waals surface area contributed by atoms with E-state index in [1.54, 1.807) is 12.1 Å². The van der Waals surface area contributed by atoms with Gasteiger partial charge in [0.1, 0.15) is 11.4 Å². The Morgan fingerprint density at radius 1 is 1.00 bits per heavy atom. The molecule has 2 heterocycles. The van der Waals surface area contributed by atoms with Crippen molar-refractivity contribution >= 4 is 0 Å². The van der Waals surface area contributed by atoms with Crippen LogP contribution in [0.5, 0.6) is 0 Å². The van der Waals surface area contributed by atoms with Crippen molar-refractivity contribution in [1.29, 1.82) is 0 Å². The Labute approximate surface area is 128 Å². The zero-order chi connectivity index (χ0) is 14.7. The fourth-order valence-electron chi connectivity index (χ4n) is 4.06. The monoisotopic (exact) mass is 296 g/mol. The summed E-state index contributed by atoms with van der Waals surface area (Å²) in [6, 6.07) is 13.7. The summed E-state index contributed by atoms with van der Waals surface area (Å²) in [6.07, 6.45) is 1.74. The van der Waals surface area contributed by atoms with Crippen LogP contribution in [0.4, 0.5) is 4.39 Å². The van der Waals surface area contributed by atoms with Crippen molar-refractivity contribution < 1.29 is 13.9 Å². The summed E-state index contributed by atoms with van der Waals surface area (Å²) in [5.41, 5.74) is 4.75. The minimum atomic E-state index is -0.185. The highest BCUT2D eigenvalue weighted by Gasteiger charge is 2.53. The van der Waals surface area contributed by atoms with Gasteiger partial charge >= 0.3 is 0 Å². The van der Waals surface area contributed by atoms with E-state index in [-0.39, 0.29) is 23.4 Å². The summed E-state index contributed by atoms with van der Waals surface area (Å²) >= 11 is 0. The molecule has 1 aliphatic carbocycles. The SMILES string of the molecule is Fc1ccc2c(c1)C1OCC3(CO3)CC1c1ccccc1C2. The number of benzene rings is 2. The van der Waals surface area contributed by atoms with Crippen molar-refractivity contribution in [3.63, 3.8) is 0 Å². The summed E-state index contributed by atoms with van der Waals surface area (Å²) < 4.78 is 25.6. The van der Waals surface area contributed by atoms with Gasteiger partial charge in [-0.1, -0.05) is 30.3 Å².